The summed E-state index contributed by atoms with van der Waals surface area (Å²) in [6, 6.07) is 8.81. The third kappa shape index (κ3) is 3.08. The Hall–Kier alpha value is -0.860. The predicted octanol–water partition coefficient (Wildman–Crippen LogP) is 2.82. The van der Waals surface area contributed by atoms with E-state index in [-0.39, 0.29) is 11.6 Å². The van der Waals surface area contributed by atoms with Crippen LogP contribution in [0, 0.1) is 6.92 Å². The van der Waals surface area contributed by atoms with E-state index in [1.807, 2.05) is 7.11 Å². The minimum atomic E-state index is 0.0865. The third-order valence-electron chi connectivity index (χ3n) is 3.91. The van der Waals surface area contributed by atoms with Gasteiger partial charge in [-0.2, -0.15) is 0 Å². The number of ether oxygens (including phenoxy) is 1. The largest absolute Gasteiger partial charge is 0.378 e. The molecule has 1 aliphatic carbocycles. The first-order valence-corrected chi connectivity index (χ1v) is 6.50. The average Bonchev–Trinajstić information content (AvgIpc) is 2.23. The van der Waals surface area contributed by atoms with Crippen LogP contribution < -0.4 is 5.73 Å². The first-order chi connectivity index (χ1) is 8.13. The number of methoxy groups -OCH3 is 1. The molecule has 1 aliphatic rings. The second-order valence-corrected chi connectivity index (χ2v) is 5.40. The molecule has 0 aromatic heterocycles. The molecular formula is C15H23NO. The van der Waals surface area contributed by atoms with E-state index in [0.717, 1.165) is 12.8 Å². The molecule has 1 unspecified atom stereocenters. The standard InChI is InChI=1S/C15H23NO/c1-12-5-3-6-13(9-12)10-14(16)11-15(17-2)7-4-8-15/h3,5-6,9,14H,4,7-8,10-11,16H2,1-2H3. The molecule has 1 aromatic carbocycles. The van der Waals surface area contributed by atoms with Crippen molar-refractivity contribution in [3.8, 4) is 0 Å². The maximum absolute atomic E-state index is 6.25. The Balaban J connectivity index is 1.90. The minimum absolute atomic E-state index is 0.0865. The van der Waals surface area contributed by atoms with Gasteiger partial charge in [-0.1, -0.05) is 29.8 Å². The molecule has 0 radical (unpaired) electrons. The average molecular weight is 233 g/mol. The van der Waals surface area contributed by atoms with Gasteiger partial charge in [-0.25, -0.2) is 0 Å². The van der Waals surface area contributed by atoms with E-state index in [1.165, 1.54) is 30.4 Å². The molecule has 2 nitrogen and oxygen atoms in total. The third-order valence-corrected chi connectivity index (χ3v) is 3.91. The first kappa shape index (κ1) is 12.6. The summed E-state index contributed by atoms with van der Waals surface area (Å²) in [5.41, 5.74) is 8.98. The topological polar surface area (TPSA) is 35.2 Å². The van der Waals surface area contributed by atoms with Crippen molar-refractivity contribution in [2.45, 2.75) is 50.7 Å². The summed E-state index contributed by atoms with van der Waals surface area (Å²) in [7, 11) is 1.82. The maximum Gasteiger partial charge on any atom is 0.0693 e. The number of benzene rings is 1. The highest BCUT2D eigenvalue weighted by atomic mass is 16.5. The molecule has 17 heavy (non-hydrogen) atoms. The van der Waals surface area contributed by atoms with Gasteiger partial charge in [0.15, 0.2) is 0 Å². The van der Waals surface area contributed by atoms with Crippen LogP contribution in [-0.2, 0) is 11.2 Å². The SMILES string of the molecule is COC1(CC(N)Cc2cccc(C)c2)CCC1. The minimum Gasteiger partial charge on any atom is -0.378 e. The molecule has 0 spiro atoms. The Bertz CT molecular complexity index is 365. The summed E-state index contributed by atoms with van der Waals surface area (Å²) in [5.74, 6) is 0. The van der Waals surface area contributed by atoms with Crippen LogP contribution in [0.4, 0.5) is 0 Å². The van der Waals surface area contributed by atoms with E-state index in [4.69, 9.17) is 10.5 Å². The van der Waals surface area contributed by atoms with Gasteiger partial charge < -0.3 is 10.5 Å². The number of nitrogens with two attached hydrogens (primary N) is 1. The fourth-order valence-corrected chi connectivity index (χ4v) is 2.75. The first-order valence-electron chi connectivity index (χ1n) is 6.50. The Morgan fingerprint density at radius 1 is 1.41 bits per heavy atom. The zero-order valence-corrected chi connectivity index (χ0v) is 10.9. The van der Waals surface area contributed by atoms with Crippen LogP contribution >= 0.6 is 0 Å². The van der Waals surface area contributed by atoms with Crippen LogP contribution in [-0.4, -0.2) is 18.8 Å². The van der Waals surface area contributed by atoms with Crippen molar-refractivity contribution in [2.24, 2.45) is 5.73 Å². The molecular weight excluding hydrogens is 210 g/mol. The van der Waals surface area contributed by atoms with E-state index < -0.39 is 0 Å². The Kier molecular flexibility index (Phi) is 3.85. The molecule has 1 aromatic rings. The van der Waals surface area contributed by atoms with Gasteiger partial charge >= 0.3 is 0 Å². The zero-order valence-electron chi connectivity index (χ0n) is 10.9. The summed E-state index contributed by atoms with van der Waals surface area (Å²) in [6.07, 6.45) is 5.56. The number of hydrogen-bond donors (Lipinski definition) is 1. The van der Waals surface area contributed by atoms with Gasteiger partial charge in [0.2, 0.25) is 0 Å². The second-order valence-electron chi connectivity index (χ2n) is 5.40. The Labute approximate surface area is 104 Å². The lowest BCUT2D eigenvalue weighted by atomic mass is 9.75. The summed E-state index contributed by atoms with van der Waals surface area (Å²) in [5, 5.41) is 0. The molecule has 2 rings (SSSR count). The maximum atomic E-state index is 6.25. The van der Waals surface area contributed by atoms with Crippen LogP contribution in [0.2, 0.25) is 0 Å². The summed E-state index contributed by atoms with van der Waals surface area (Å²) in [6.45, 7) is 2.12. The molecule has 2 heteroatoms. The van der Waals surface area contributed by atoms with Crippen LogP contribution in [0.3, 0.4) is 0 Å². The molecule has 0 heterocycles. The molecule has 1 fully saturated rings. The van der Waals surface area contributed by atoms with Gasteiger partial charge in [-0.3, -0.25) is 0 Å². The van der Waals surface area contributed by atoms with Crippen molar-refractivity contribution < 1.29 is 4.74 Å². The molecule has 1 atom stereocenters. The molecule has 0 saturated heterocycles. The van der Waals surface area contributed by atoms with Crippen molar-refractivity contribution in [1.29, 1.82) is 0 Å². The highest BCUT2D eigenvalue weighted by Gasteiger charge is 2.38. The van der Waals surface area contributed by atoms with Crippen LogP contribution in [0.15, 0.2) is 24.3 Å². The van der Waals surface area contributed by atoms with Crippen molar-refractivity contribution in [3.05, 3.63) is 35.4 Å². The number of aryl methyl sites for hydroxylation is 1. The zero-order chi connectivity index (χ0) is 12.3. The second kappa shape index (κ2) is 5.19. The van der Waals surface area contributed by atoms with Gasteiger partial charge in [0.25, 0.3) is 0 Å². The highest BCUT2D eigenvalue weighted by Crippen LogP contribution is 2.38. The molecule has 2 N–H and O–H groups in total. The summed E-state index contributed by atoms with van der Waals surface area (Å²) >= 11 is 0. The molecule has 94 valence electrons. The molecule has 0 bridgehead atoms. The van der Waals surface area contributed by atoms with E-state index in [1.54, 1.807) is 0 Å². The Morgan fingerprint density at radius 2 is 2.18 bits per heavy atom. The highest BCUT2D eigenvalue weighted by molar-refractivity contribution is 5.23. The van der Waals surface area contributed by atoms with Crippen molar-refractivity contribution in [3.63, 3.8) is 0 Å². The van der Waals surface area contributed by atoms with E-state index in [2.05, 4.69) is 31.2 Å². The smallest absolute Gasteiger partial charge is 0.0693 e. The normalized spacial score (nSPS) is 19.7. The predicted molar refractivity (Wildman–Crippen MR) is 71.1 cm³/mol. The van der Waals surface area contributed by atoms with Crippen LogP contribution in [0.1, 0.15) is 36.8 Å². The lowest BCUT2D eigenvalue weighted by Gasteiger charge is -2.42. The summed E-state index contributed by atoms with van der Waals surface area (Å²) in [4.78, 5) is 0. The van der Waals surface area contributed by atoms with Crippen LogP contribution in [0.5, 0.6) is 0 Å². The number of rotatable bonds is 5. The fraction of sp³-hybridized carbons (Fsp3) is 0.600. The molecule has 0 amide bonds. The quantitative estimate of drug-likeness (QED) is 0.848. The van der Waals surface area contributed by atoms with Crippen molar-refractivity contribution in [2.75, 3.05) is 7.11 Å². The van der Waals surface area contributed by atoms with Gasteiger partial charge in [-0.15, -0.1) is 0 Å². The van der Waals surface area contributed by atoms with Crippen molar-refractivity contribution >= 4 is 0 Å². The molecule has 0 aliphatic heterocycles. The number of hydrogen-bond acceptors (Lipinski definition) is 2. The van der Waals surface area contributed by atoms with Gasteiger partial charge in [0, 0.05) is 13.2 Å². The van der Waals surface area contributed by atoms with Gasteiger partial charge in [0.1, 0.15) is 0 Å². The van der Waals surface area contributed by atoms with E-state index >= 15 is 0 Å². The van der Waals surface area contributed by atoms with E-state index in [9.17, 15) is 0 Å². The fourth-order valence-electron chi connectivity index (χ4n) is 2.75. The monoisotopic (exact) mass is 233 g/mol. The lowest BCUT2D eigenvalue weighted by molar-refractivity contribution is -0.0813. The van der Waals surface area contributed by atoms with Gasteiger partial charge in [0.05, 0.1) is 5.60 Å². The Morgan fingerprint density at radius 3 is 2.71 bits per heavy atom. The summed E-state index contributed by atoms with van der Waals surface area (Å²) < 4.78 is 5.63. The van der Waals surface area contributed by atoms with Crippen LogP contribution in [0.25, 0.3) is 0 Å². The molecule has 1 saturated carbocycles. The lowest BCUT2D eigenvalue weighted by Crippen LogP contribution is -2.44. The van der Waals surface area contributed by atoms with E-state index in [0.29, 0.717) is 0 Å². The van der Waals surface area contributed by atoms with Crippen molar-refractivity contribution in [1.82, 2.24) is 0 Å². The van der Waals surface area contributed by atoms with Gasteiger partial charge in [-0.05, 0) is 44.6 Å².